The van der Waals surface area contributed by atoms with E-state index in [0.29, 0.717) is 21.8 Å². The Kier molecular flexibility index (Phi) is 4.79. The quantitative estimate of drug-likeness (QED) is 0.806. The Balaban J connectivity index is 2.37. The Morgan fingerprint density at radius 1 is 1.05 bits per heavy atom. The fourth-order valence-corrected chi connectivity index (χ4v) is 2.46. The van der Waals surface area contributed by atoms with Crippen molar-refractivity contribution in [1.29, 1.82) is 0 Å². The smallest absolute Gasteiger partial charge is 0.0621 e. The van der Waals surface area contributed by atoms with Gasteiger partial charge in [-0.25, -0.2) is 0 Å². The van der Waals surface area contributed by atoms with Crippen LogP contribution in [-0.2, 0) is 6.54 Å². The van der Waals surface area contributed by atoms with Crippen molar-refractivity contribution in [2.45, 2.75) is 26.4 Å². The zero-order chi connectivity index (χ0) is 14.7. The Labute approximate surface area is 130 Å². The molecule has 2 aromatic rings. The summed E-state index contributed by atoms with van der Waals surface area (Å²) in [5.41, 5.74) is 8.88. The second kappa shape index (κ2) is 6.38. The molecule has 0 aromatic heterocycles. The zero-order valence-electron chi connectivity index (χ0n) is 11.6. The summed E-state index contributed by atoms with van der Waals surface area (Å²) in [6.45, 7) is 5.04. The third-order valence-electron chi connectivity index (χ3n) is 3.20. The molecule has 2 aromatic carbocycles. The maximum Gasteiger partial charge on any atom is 0.0621 e. The molecule has 0 aliphatic rings. The number of nitrogen functional groups attached to an aromatic ring is 1. The highest BCUT2D eigenvalue weighted by atomic mass is 35.5. The molecule has 0 aliphatic carbocycles. The standard InChI is InChI=1S/C16H18Cl2N2/c1-11(2)20(10-12-6-4-3-5-7-12)16-9-14(18)13(17)8-15(16)19/h3-9,11H,10,19H2,1-2H3. The van der Waals surface area contributed by atoms with E-state index in [9.17, 15) is 0 Å². The molecule has 0 unspecified atom stereocenters. The lowest BCUT2D eigenvalue weighted by Gasteiger charge is -2.30. The summed E-state index contributed by atoms with van der Waals surface area (Å²) in [4.78, 5) is 2.22. The van der Waals surface area contributed by atoms with Crippen molar-refractivity contribution in [2.75, 3.05) is 10.6 Å². The molecule has 0 atom stereocenters. The third kappa shape index (κ3) is 3.38. The molecule has 0 saturated carbocycles. The van der Waals surface area contributed by atoms with Gasteiger partial charge < -0.3 is 10.6 Å². The molecule has 0 saturated heterocycles. The van der Waals surface area contributed by atoms with Crippen molar-refractivity contribution < 1.29 is 0 Å². The SMILES string of the molecule is CC(C)N(Cc1ccccc1)c1cc(Cl)c(Cl)cc1N. The van der Waals surface area contributed by atoms with Gasteiger partial charge in [0.05, 0.1) is 21.4 Å². The highest BCUT2D eigenvalue weighted by molar-refractivity contribution is 6.42. The van der Waals surface area contributed by atoms with Gasteiger partial charge in [0.15, 0.2) is 0 Å². The molecule has 0 radical (unpaired) electrons. The van der Waals surface area contributed by atoms with Gasteiger partial charge in [-0.15, -0.1) is 0 Å². The van der Waals surface area contributed by atoms with E-state index in [0.717, 1.165) is 12.2 Å². The van der Waals surface area contributed by atoms with Crippen LogP contribution in [0.2, 0.25) is 10.0 Å². The average molecular weight is 309 g/mol. The molecule has 0 heterocycles. The molecule has 0 bridgehead atoms. The normalized spacial score (nSPS) is 10.8. The lowest BCUT2D eigenvalue weighted by molar-refractivity contribution is 0.683. The van der Waals surface area contributed by atoms with Crippen LogP contribution in [0.5, 0.6) is 0 Å². The first-order chi connectivity index (χ1) is 9.49. The summed E-state index contributed by atoms with van der Waals surface area (Å²) in [5.74, 6) is 0. The van der Waals surface area contributed by atoms with Crippen molar-refractivity contribution in [3.05, 3.63) is 58.1 Å². The topological polar surface area (TPSA) is 29.3 Å². The highest BCUT2D eigenvalue weighted by Crippen LogP contribution is 2.34. The van der Waals surface area contributed by atoms with Gasteiger partial charge in [0.2, 0.25) is 0 Å². The summed E-state index contributed by atoms with van der Waals surface area (Å²) in [6, 6.07) is 14.1. The van der Waals surface area contributed by atoms with Crippen LogP contribution in [0.3, 0.4) is 0 Å². The van der Waals surface area contributed by atoms with Crippen LogP contribution < -0.4 is 10.6 Å². The lowest BCUT2D eigenvalue weighted by Crippen LogP contribution is -2.30. The Morgan fingerprint density at radius 2 is 1.65 bits per heavy atom. The van der Waals surface area contributed by atoms with Crippen molar-refractivity contribution in [2.24, 2.45) is 0 Å². The number of anilines is 2. The molecule has 0 aliphatic heterocycles. The molecular formula is C16H18Cl2N2. The molecule has 2 N–H and O–H groups in total. The summed E-state index contributed by atoms with van der Waals surface area (Å²) >= 11 is 12.1. The molecule has 0 amide bonds. The van der Waals surface area contributed by atoms with E-state index < -0.39 is 0 Å². The van der Waals surface area contributed by atoms with Crippen LogP contribution in [0.1, 0.15) is 19.4 Å². The summed E-state index contributed by atoms with van der Waals surface area (Å²) in [7, 11) is 0. The van der Waals surface area contributed by atoms with Crippen LogP contribution >= 0.6 is 23.2 Å². The molecule has 0 fully saturated rings. The number of benzene rings is 2. The molecule has 4 heteroatoms. The average Bonchev–Trinajstić information content (AvgIpc) is 2.41. The Bertz CT molecular complexity index is 583. The summed E-state index contributed by atoms with van der Waals surface area (Å²) in [5, 5.41) is 1.01. The first-order valence-corrected chi connectivity index (χ1v) is 7.29. The van der Waals surface area contributed by atoms with E-state index in [1.807, 2.05) is 24.3 Å². The van der Waals surface area contributed by atoms with E-state index in [2.05, 4.69) is 30.9 Å². The van der Waals surface area contributed by atoms with Gasteiger partial charge in [0, 0.05) is 12.6 Å². The van der Waals surface area contributed by atoms with E-state index in [1.165, 1.54) is 5.56 Å². The van der Waals surface area contributed by atoms with Crippen molar-refractivity contribution >= 4 is 34.6 Å². The summed E-state index contributed by atoms with van der Waals surface area (Å²) < 4.78 is 0. The number of halogens is 2. The predicted octanol–water partition coefficient (Wildman–Crippen LogP) is 4.99. The first kappa shape index (κ1) is 15.0. The second-order valence-electron chi connectivity index (χ2n) is 5.03. The lowest BCUT2D eigenvalue weighted by atomic mass is 10.1. The van der Waals surface area contributed by atoms with Gasteiger partial charge in [0.1, 0.15) is 0 Å². The first-order valence-electron chi connectivity index (χ1n) is 6.54. The fourth-order valence-electron chi connectivity index (χ4n) is 2.13. The monoisotopic (exact) mass is 308 g/mol. The summed E-state index contributed by atoms with van der Waals surface area (Å²) in [6.07, 6.45) is 0. The van der Waals surface area contributed by atoms with Gasteiger partial charge in [-0.2, -0.15) is 0 Å². The van der Waals surface area contributed by atoms with Crippen LogP contribution in [0, 0.1) is 0 Å². The molecule has 20 heavy (non-hydrogen) atoms. The number of nitrogens with zero attached hydrogens (tertiary/aromatic N) is 1. The van der Waals surface area contributed by atoms with Crippen molar-refractivity contribution in [1.82, 2.24) is 0 Å². The zero-order valence-corrected chi connectivity index (χ0v) is 13.1. The molecule has 0 spiro atoms. The van der Waals surface area contributed by atoms with E-state index >= 15 is 0 Å². The second-order valence-corrected chi connectivity index (χ2v) is 5.85. The number of nitrogens with two attached hydrogens (primary N) is 1. The highest BCUT2D eigenvalue weighted by Gasteiger charge is 2.16. The van der Waals surface area contributed by atoms with E-state index in [1.54, 1.807) is 6.07 Å². The van der Waals surface area contributed by atoms with Crippen molar-refractivity contribution in [3.8, 4) is 0 Å². The largest absolute Gasteiger partial charge is 0.397 e. The fraction of sp³-hybridized carbons (Fsp3) is 0.250. The van der Waals surface area contributed by atoms with Gasteiger partial charge >= 0.3 is 0 Å². The molecular weight excluding hydrogens is 291 g/mol. The minimum absolute atomic E-state index is 0.301. The van der Waals surface area contributed by atoms with Gasteiger partial charge in [-0.3, -0.25) is 0 Å². The Hall–Kier alpha value is -1.38. The molecule has 2 rings (SSSR count). The van der Waals surface area contributed by atoms with Crippen LogP contribution in [0.25, 0.3) is 0 Å². The van der Waals surface area contributed by atoms with Crippen LogP contribution in [0.15, 0.2) is 42.5 Å². The predicted molar refractivity (Wildman–Crippen MR) is 88.6 cm³/mol. The van der Waals surface area contributed by atoms with Gasteiger partial charge in [-0.05, 0) is 31.5 Å². The minimum atomic E-state index is 0.301. The van der Waals surface area contributed by atoms with Gasteiger partial charge in [-0.1, -0.05) is 53.5 Å². The van der Waals surface area contributed by atoms with Crippen LogP contribution in [0.4, 0.5) is 11.4 Å². The number of hydrogen-bond donors (Lipinski definition) is 1. The number of hydrogen-bond acceptors (Lipinski definition) is 2. The minimum Gasteiger partial charge on any atom is -0.397 e. The van der Waals surface area contributed by atoms with Crippen LogP contribution in [-0.4, -0.2) is 6.04 Å². The third-order valence-corrected chi connectivity index (χ3v) is 3.92. The Morgan fingerprint density at radius 3 is 2.25 bits per heavy atom. The van der Waals surface area contributed by atoms with Crippen molar-refractivity contribution in [3.63, 3.8) is 0 Å². The molecule has 106 valence electrons. The maximum absolute atomic E-state index is 6.12. The molecule has 2 nitrogen and oxygen atoms in total. The maximum atomic E-state index is 6.12. The van der Waals surface area contributed by atoms with E-state index in [4.69, 9.17) is 28.9 Å². The van der Waals surface area contributed by atoms with Gasteiger partial charge in [0.25, 0.3) is 0 Å². The van der Waals surface area contributed by atoms with E-state index in [-0.39, 0.29) is 0 Å². The number of rotatable bonds is 4.